The lowest BCUT2D eigenvalue weighted by atomic mass is 9.89. The summed E-state index contributed by atoms with van der Waals surface area (Å²) in [7, 11) is 0. The van der Waals surface area contributed by atoms with Crippen molar-refractivity contribution in [3.63, 3.8) is 0 Å². The molecule has 1 saturated heterocycles. The van der Waals surface area contributed by atoms with Crippen molar-refractivity contribution in [3.8, 4) is 0 Å². The molecule has 0 aromatic heterocycles. The van der Waals surface area contributed by atoms with Crippen molar-refractivity contribution in [3.05, 3.63) is 35.9 Å². The van der Waals surface area contributed by atoms with Gasteiger partial charge in [-0.1, -0.05) is 37.3 Å². The molecule has 0 saturated carbocycles. The first-order chi connectivity index (χ1) is 9.61. The summed E-state index contributed by atoms with van der Waals surface area (Å²) in [5, 5.41) is 9.15. The second-order valence-corrected chi connectivity index (χ2v) is 5.90. The molecule has 20 heavy (non-hydrogen) atoms. The molecule has 1 heterocycles. The lowest BCUT2D eigenvalue weighted by Gasteiger charge is -2.41. The Labute approximate surface area is 121 Å². The third-order valence-corrected chi connectivity index (χ3v) is 4.53. The number of likely N-dealkylation sites (tertiary alicyclic amines) is 1. The second kappa shape index (κ2) is 6.89. The molecule has 1 aromatic rings. The van der Waals surface area contributed by atoms with E-state index >= 15 is 0 Å². The third kappa shape index (κ3) is 3.60. The number of benzene rings is 1. The van der Waals surface area contributed by atoms with Gasteiger partial charge in [-0.25, -0.2) is 0 Å². The molecule has 1 N–H and O–H groups in total. The average Bonchev–Trinajstić information content (AvgIpc) is 2.46. The van der Waals surface area contributed by atoms with Crippen LogP contribution in [0.2, 0.25) is 0 Å². The zero-order valence-electron chi connectivity index (χ0n) is 12.5. The summed E-state index contributed by atoms with van der Waals surface area (Å²) >= 11 is 0. The van der Waals surface area contributed by atoms with Crippen molar-refractivity contribution in [2.45, 2.75) is 51.6 Å². The molecule has 3 atom stereocenters. The first kappa shape index (κ1) is 15.0. The van der Waals surface area contributed by atoms with Gasteiger partial charge in [-0.3, -0.25) is 9.69 Å². The molecule has 2 rings (SSSR count). The molecule has 3 unspecified atom stereocenters. The van der Waals surface area contributed by atoms with Gasteiger partial charge in [0.05, 0.1) is 5.92 Å². The van der Waals surface area contributed by atoms with Crippen molar-refractivity contribution >= 4 is 5.97 Å². The molecule has 1 aromatic carbocycles. The van der Waals surface area contributed by atoms with Crippen LogP contribution in [0.25, 0.3) is 0 Å². The standard InChI is InChI=1S/C17H25NO2/c1-3-16(12-14-7-5-4-6-8-14)18-10-9-15(17(19)20)11-13(18)2/h4-8,13,15-16H,3,9-12H2,1-2H3,(H,19,20). The fourth-order valence-corrected chi connectivity index (χ4v) is 3.34. The predicted molar refractivity (Wildman–Crippen MR) is 80.8 cm³/mol. The highest BCUT2D eigenvalue weighted by atomic mass is 16.4. The Kier molecular flexibility index (Phi) is 5.18. The molecule has 0 radical (unpaired) electrons. The van der Waals surface area contributed by atoms with Crippen molar-refractivity contribution in [1.29, 1.82) is 0 Å². The molecule has 0 aliphatic carbocycles. The Morgan fingerprint density at radius 2 is 2.10 bits per heavy atom. The lowest BCUT2D eigenvalue weighted by molar-refractivity contribution is -0.144. The van der Waals surface area contributed by atoms with Gasteiger partial charge >= 0.3 is 5.97 Å². The van der Waals surface area contributed by atoms with E-state index in [1.165, 1.54) is 5.56 Å². The molecule has 1 fully saturated rings. The van der Waals surface area contributed by atoms with Crippen molar-refractivity contribution in [1.82, 2.24) is 4.90 Å². The minimum atomic E-state index is -0.632. The number of aliphatic carboxylic acids is 1. The van der Waals surface area contributed by atoms with Crippen LogP contribution in [0.5, 0.6) is 0 Å². The highest BCUT2D eigenvalue weighted by molar-refractivity contribution is 5.70. The van der Waals surface area contributed by atoms with Gasteiger partial charge in [0, 0.05) is 12.1 Å². The largest absolute Gasteiger partial charge is 0.481 e. The molecular formula is C17H25NO2. The number of hydrogen-bond donors (Lipinski definition) is 1. The minimum Gasteiger partial charge on any atom is -0.481 e. The quantitative estimate of drug-likeness (QED) is 0.897. The average molecular weight is 275 g/mol. The van der Waals surface area contributed by atoms with Gasteiger partial charge in [-0.05, 0) is 44.7 Å². The molecule has 0 amide bonds. The predicted octanol–water partition coefficient (Wildman–Crippen LogP) is 3.19. The van der Waals surface area contributed by atoms with Crippen LogP contribution in [0.1, 0.15) is 38.7 Å². The summed E-state index contributed by atoms with van der Waals surface area (Å²) in [6, 6.07) is 11.4. The SMILES string of the molecule is CCC(Cc1ccccc1)N1CCC(C(=O)O)CC1C. The summed E-state index contributed by atoms with van der Waals surface area (Å²) in [6.07, 6.45) is 3.72. The van der Waals surface area contributed by atoms with Gasteiger partial charge in [0.2, 0.25) is 0 Å². The zero-order valence-corrected chi connectivity index (χ0v) is 12.5. The summed E-state index contributed by atoms with van der Waals surface area (Å²) in [6.45, 7) is 5.30. The van der Waals surface area contributed by atoms with Crippen LogP contribution in [0, 0.1) is 5.92 Å². The van der Waals surface area contributed by atoms with E-state index in [4.69, 9.17) is 5.11 Å². The van der Waals surface area contributed by atoms with Crippen LogP contribution < -0.4 is 0 Å². The van der Waals surface area contributed by atoms with E-state index in [9.17, 15) is 4.79 Å². The molecule has 110 valence electrons. The molecule has 3 nitrogen and oxygen atoms in total. The van der Waals surface area contributed by atoms with Crippen molar-refractivity contribution in [2.75, 3.05) is 6.54 Å². The minimum absolute atomic E-state index is 0.157. The fourth-order valence-electron chi connectivity index (χ4n) is 3.34. The Bertz CT molecular complexity index is 432. The van der Waals surface area contributed by atoms with E-state index in [0.717, 1.165) is 32.2 Å². The topological polar surface area (TPSA) is 40.5 Å². The van der Waals surface area contributed by atoms with Crippen LogP contribution >= 0.6 is 0 Å². The number of hydrogen-bond acceptors (Lipinski definition) is 2. The smallest absolute Gasteiger partial charge is 0.306 e. The van der Waals surface area contributed by atoms with Gasteiger partial charge in [-0.15, -0.1) is 0 Å². The lowest BCUT2D eigenvalue weighted by Crippen LogP contribution is -2.48. The Hall–Kier alpha value is -1.35. The molecule has 1 aliphatic heterocycles. The monoisotopic (exact) mass is 275 g/mol. The normalized spacial score (nSPS) is 25.3. The van der Waals surface area contributed by atoms with Gasteiger partial charge in [0.1, 0.15) is 0 Å². The highest BCUT2D eigenvalue weighted by Gasteiger charge is 2.32. The highest BCUT2D eigenvalue weighted by Crippen LogP contribution is 2.27. The number of carboxylic acids is 1. The van der Waals surface area contributed by atoms with E-state index in [-0.39, 0.29) is 5.92 Å². The molecule has 1 aliphatic rings. The zero-order chi connectivity index (χ0) is 14.5. The molecule has 0 spiro atoms. The van der Waals surface area contributed by atoms with Gasteiger partial charge in [-0.2, -0.15) is 0 Å². The number of carbonyl (C=O) groups is 1. The number of nitrogens with zero attached hydrogens (tertiary/aromatic N) is 1. The van der Waals surface area contributed by atoms with Gasteiger partial charge in [0.15, 0.2) is 0 Å². The summed E-state index contributed by atoms with van der Waals surface area (Å²) in [4.78, 5) is 13.6. The fraction of sp³-hybridized carbons (Fsp3) is 0.588. The van der Waals surface area contributed by atoms with E-state index < -0.39 is 5.97 Å². The maximum absolute atomic E-state index is 11.1. The van der Waals surface area contributed by atoms with E-state index in [1.807, 2.05) is 6.07 Å². The van der Waals surface area contributed by atoms with E-state index in [2.05, 4.69) is 43.0 Å². The summed E-state index contributed by atoms with van der Waals surface area (Å²) < 4.78 is 0. The van der Waals surface area contributed by atoms with Gasteiger partial charge < -0.3 is 5.11 Å². The third-order valence-electron chi connectivity index (χ3n) is 4.53. The first-order valence-electron chi connectivity index (χ1n) is 7.64. The maximum Gasteiger partial charge on any atom is 0.306 e. The van der Waals surface area contributed by atoms with Crippen LogP contribution in [0.3, 0.4) is 0 Å². The summed E-state index contributed by atoms with van der Waals surface area (Å²) in [5.74, 6) is -0.789. The van der Waals surface area contributed by atoms with Crippen LogP contribution in [-0.4, -0.2) is 34.6 Å². The molecule has 3 heteroatoms. The van der Waals surface area contributed by atoms with Crippen LogP contribution in [0.15, 0.2) is 30.3 Å². The number of piperidine rings is 1. The second-order valence-electron chi connectivity index (χ2n) is 5.90. The number of carboxylic acid groups (broad SMARTS) is 1. The van der Waals surface area contributed by atoms with Gasteiger partial charge in [0.25, 0.3) is 0 Å². The van der Waals surface area contributed by atoms with E-state index in [0.29, 0.717) is 12.1 Å². The first-order valence-corrected chi connectivity index (χ1v) is 7.64. The molecular weight excluding hydrogens is 250 g/mol. The van der Waals surface area contributed by atoms with Crippen molar-refractivity contribution < 1.29 is 9.90 Å². The number of rotatable bonds is 5. The molecule has 0 bridgehead atoms. The summed E-state index contributed by atoms with van der Waals surface area (Å²) in [5.41, 5.74) is 1.37. The van der Waals surface area contributed by atoms with Crippen LogP contribution in [0.4, 0.5) is 0 Å². The maximum atomic E-state index is 11.1. The van der Waals surface area contributed by atoms with Crippen LogP contribution in [-0.2, 0) is 11.2 Å². The Morgan fingerprint density at radius 1 is 1.40 bits per heavy atom. The Morgan fingerprint density at radius 3 is 2.65 bits per heavy atom. The Balaban J connectivity index is 2.00. The van der Waals surface area contributed by atoms with Crippen molar-refractivity contribution in [2.24, 2.45) is 5.92 Å². The van der Waals surface area contributed by atoms with E-state index in [1.54, 1.807) is 0 Å².